The number of carbonyl (C=O) groups is 2. The molecule has 0 radical (unpaired) electrons. The second-order valence-corrected chi connectivity index (χ2v) is 11.3. The molecule has 3 aliphatic rings. The van der Waals surface area contributed by atoms with Crippen molar-refractivity contribution in [3.63, 3.8) is 0 Å². The van der Waals surface area contributed by atoms with Crippen LogP contribution in [-0.2, 0) is 19.6 Å². The number of likely N-dealkylation sites (tertiary alicyclic amines) is 1. The molecular formula is C23H22Cl2N2O4S. The molecule has 0 spiro atoms. The van der Waals surface area contributed by atoms with E-state index in [1.165, 1.54) is 4.90 Å². The summed E-state index contributed by atoms with van der Waals surface area (Å²) in [7, 11) is -3.69. The number of amides is 2. The van der Waals surface area contributed by atoms with Crippen molar-refractivity contribution < 1.29 is 18.0 Å². The number of benzene rings is 2. The van der Waals surface area contributed by atoms with E-state index >= 15 is 0 Å². The Balaban J connectivity index is 1.37. The largest absolute Gasteiger partial charge is 0.279 e. The van der Waals surface area contributed by atoms with Gasteiger partial charge in [-0.3, -0.25) is 14.5 Å². The first-order valence-corrected chi connectivity index (χ1v) is 12.9. The Labute approximate surface area is 197 Å². The third-order valence-corrected chi connectivity index (χ3v) is 9.54. The zero-order chi connectivity index (χ0) is 22.6. The van der Waals surface area contributed by atoms with Gasteiger partial charge in [0.1, 0.15) is 0 Å². The normalized spacial score (nSPS) is 26.2. The number of fused-ring (bicyclic) bond motifs is 2. The van der Waals surface area contributed by atoms with Crippen molar-refractivity contribution >= 4 is 45.0 Å². The van der Waals surface area contributed by atoms with Gasteiger partial charge in [0.25, 0.3) is 0 Å². The maximum atomic E-state index is 13.5. The van der Waals surface area contributed by atoms with Gasteiger partial charge in [0.2, 0.25) is 21.8 Å². The van der Waals surface area contributed by atoms with Crippen LogP contribution in [0.1, 0.15) is 38.5 Å². The van der Waals surface area contributed by atoms with Crippen LogP contribution in [0.5, 0.6) is 0 Å². The number of nitrogens with zero attached hydrogens (tertiary/aromatic N) is 2. The number of hydrogen-bond acceptors (Lipinski definition) is 4. The van der Waals surface area contributed by atoms with Gasteiger partial charge in [-0.2, -0.15) is 4.31 Å². The van der Waals surface area contributed by atoms with Crippen LogP contribution in [0, 0.1) is 0 Å². The predicted octanol–water partition coefficient (Wildman–Crippen LogP) is 4.49. The number of piperidine rings is 1. The van der Waals surface area contributed by atoms with E-state index in [-0.39, 0.29) is 47.7 Å². The van der Waals surface area contributed by atoms with Crippen LogP contribution < -0.4 is 0 Å². The van der Waals surface area contributed by atoms with Crippen LogP contribution in [0.4, 0.5) is 0 Å². The van der Waals surface area contributed by atoms with Crippen molar-refractivity contribution in [1.82, 2.24) is 9.21 Å². The summed E-state index contributed by atoms with van der Waals surface area (Å²) in [6.45, 7) is 0. The summed E-state index contributed by atoms with van der Waals surface area (Å²) in [5, 5.41) is 0.904. The van der Waals surface area contributed by atoms with E-state index in [1.807, 2.05) is 6.07 Å². The lowest BCUT2D eigenvalue weighted by Crippen LogP contribution is -2.53. The van der Waals surface area contributed by atoms with Crippen LogP contribution in [-0.4, -0.2) is 47.6 Å². The number of sulfonamides is 1. The van der Waals surface area contributed by atoms with Gasteiger partial charge in [0, 0.05) is 31.0 Å². The third-order valence-electron chi connectivity index (χ3n) is 6.78. The molecule has 2 bridgehead atoms. The molecule has 0 N–H and O–H groups in total. The summed E-state index contributed by atoms with van der Waals surface area (Å²) in [6, 6.07) is 11.5. The van der Waals surface area contributed by atoms with Gasteiger partial charge in [0.05, 0.1) is 14.9 Å². The van der Waals surface area contributed by atoms with Crippen LogP contribution in [0.3, 0.4) is 0 Å². The minimum Gasteiger partial charge on any atom is -0.279 e. The maximum Gasteiger partial charge on any atom is 0.243 e. The van der Waals surface area contributed by atoms with E-state index in [4.69, 9.17) is 23.2 Å². The van der Waals surface area contributed by atoms with Crippen molar-refractivity contribution in [2.45, 2.75) is 61.5 Å². The minimum absolute atomic E-state index is 0.131. The lowest BCUT2D eigenvalue weighted by Gasteiger charge is -2.40. The van der Waals surface area contributed by atoms with Crippen LogP contribution in [0.2, 0.25) is 10.0 Å². The molecule has 0 aromatic heterocycles. The molecule has 2 aromatic carbocycles. The summed E-state index contributed by atoms with van der Waals surface area (Å²) in [6.07, 6.45) is 3.04. The monoisotopic (exact) mass is 492 g/mol. The fourth-order valence-electron chi connectivity index (χ4n) is 5.33. The summed E-state index contributed by atoms with van der Waals surface area (Å²) < 4.78 is 28.6. The molecule has 3 saturated heterocycles. The Kier molecular flexibility index (Phi) is 5.56. The Morgan fingerprint density at radius 2 is 1.31 bits per heavy atom. The van der Waals surface area contributed by atoms with E-state index in [0.717, 1.165) is 24.0 Å². The smallest absolute Gasteiger partial charge is 0.243 e. The molecule has 9 heteroatoms. The second-order valence-electron chi connectivity index (χ2n) is 8.66. The van der Waals surface area contributed by atoms with Crippen LogP contribution in [0.15, 0.2) is 47.4 Å². The zero-order valence-electron chi connectivity index (χ0n) is 17.2. The third kappa shape index (κ3) is 3.65. The number of imide groups is 1. The molecule has 3 aliphatic heterocycles. The van der Waals surface area contributed by atoms with Gasteiger partial charge in [-0.1, -0.05) is 41.4 Å². The molecular weight excluding hydrogens is 471 g/mol. The van der Waals surface area contributed by atoms with Gasteiger partial charge < -0.3 is 0 Å². The molecule has 0 aliphatic carbocycles. The molecule has 3 fully saturated rings. The highest BCUT2D eigenvalue weighted by molar-refractivity contribution is 7.89. The Bertz CT molecular complexity index is 1170. The number of rotatable bonds is 4. The van der Waals surface area contributed by atoms with Gasteiger partial charge in [-0.05, 0) is 61.1 Å². The van der Waals surface area contributed by atoms with Crippen molar-refractivity contribution in [3.8, 4) is 11.1 Å². The summed E-state index contributed by atoms with van der Waals surface area (Å²) in [4.78, 5) is 26.0. The standard InChI is InChI=1S/C23H22Cl2N2O4S/c24-20-8-3-15(11-21(20)25)14-1-6-19(7-2-14)32(30,31)27-16-4-5-17(27)13-18(12-16)26-22(28)9-10-23(26)29/h1-3,6-8,11,16-18H,4-5,9-10,12-13H2. The second kappa shape index (κ2) is 8.13. The molecule has 2 atom stereocenters. The average Bonchev–Trinajstić information content (AvgIpc) is 3.26. The van der Waals surface area contributed by atoms with Crippen molar-refractivity contribution in [3.05, 3.63) is 52.5 Å². The van der Waals surface area contributed by atoms with Crippen molar-refractivity contribution in [2.24, 2.45) is 0 Å². The highest BCUT2D eigenvalue weighted by Gasteiger charge is 2.50. The summed E-state index contributed by atoms with van der Waals surface area (Å²) in [5.74, 6) is -0.262. The van der Waals surface area contributed by atoms with Crippen LogP contribution >= 0.6 is 23.2 Å². The fraction of sp³-hybridized carbons (Fsp3) is 0.391. The van der Waals surface area contributed by atoms with E-state index in [9.17, 15) is 18.0 Å². The Morgan fingerprint density at radius 3 is 1.88 bits per heavy atom. The van der Waals surface area contributed by atoms with E-state index in [2.05, 4.69) is 0 Å². The van der Waals surface area contributed by atoms with E-state index < -0.39 is 10.0 Å². The lowest BCUT2D eigenvalue weighted by atomic mass is 9.98. The minimum atomic E-state index is -3.69. The Morgan fingerprint density at radius 1 is 0.750 bits per heavy atom. The Hall–Kier alpha value is -1.93. The molecule has 5 rings (SSSR count). The molecule has 2 unspecified atom stereocenters. The number of halogens is 2. The number of carbonyl (C=O) groups excluding carboxylic acids is 2. The predicted molar refractivity (Wildman–Crippen MR) is 122 cm³/mol. The van der Waals surface area contributed by atoms with Gasteiger partial charge in [-0.25, -0.2) is 8.42 Å². The maximum absolute atomic E-state index is 13.5. The topological polar surface area (TPSA) is 74.8 Å². The summed E-state index contributed by atoms with van der Waals surface area (Å²) >= 11 is 12.1. The van der Waals surface area contributed by atoms with Gasteiger partial charge in [0.15, 0.2) is 0 Å². The molecule has 2 amide bonds. The van der Waals surface area contributed by atoms with Gasteiger partial charge >= 0.3 is 0 Å². The van der Waals surface area contributed by atoms with Crippen LogP contribution in [0.25, 0.3) is 11.1 Å². The van der Waals surface area contributed by atoms with Crippen molar-refractivity contribution in [2.75, 3.05) is 0 Å². The number of hydrogen-bond donors (Lipinski definition) is 0. The van der Waals surface area contributed by atoms with Crippen molar-refractivity contribution in [1.29, 1.82) is 0 Å². The highest BCUT2D eigenvalue weighted by Crippen LogP contribution is 2.42. The quantitative estimate of drug-likeness (QED) is 0.589. The molecule has 3 heterocycles. The molecule has 2 aromatic rings. The van der Waals surface area contributed by atoms with E-state index in [0.29, 0.717) is 22.9 Å². The summed E-state index contributed by atoms with van der Waals surface area (Å²) in [5.41, 5.74) is 1.69. The molecule has 0 saturated carbocycles. The lowest BCUT2D eigenvalue weighted by molar-refractivity contribution is -0.142. The first kappa shape index (κ1) is 21.9. The van der Waals surface area contributed by atoms with E-state index in [1.54, 1.807) is 40.7 Å². The first-order chi connectivity index (χ1) is 15.3. The van der Waals surface area contributed by atoms with Gasteiger partial charge in [-0.15, -0.1) is 0 Å². The molecule has 32 heavy (non-hydrogen) atoms. The first-order valence-electron chi connectivity index (χ1n) is 10.7. The average molecular weight is 493 g/mol. The zero-order valence-corrected chi connectivity index (χ0v) is 19.5. The fourth-order valence-corrected chi connectivity index (χ4v) is 7.52. The highest BCUT2D eigenvalue weighted by atomic mass is 35.5. The molecule has 6 nitrogen and oxygen atoms in total. The SMILES string of the molecule is O=C1CCC(=O)N1C1CC2CCC(C1)N2S(=O)(=O)c1ccc(-c2ccc(Cl)c(Cl)c2)cc1. The molecule has 168 valence electrons.